The summed E-state index contributed by atoms with van der Waals surface area (Å²) in [4.78, 5) is 0. The first kappa shape index (κ1) is 7.28. The molecule has 3 N–H and O–H groups in total. The highest BCUT2D eigenvalue weighted by molar-refractivity contribution is 5.61. The van der Waals surface area contributed by atoms with Crippen LogP contribution in [0.3, 0.4) is 0 Å². The molecule has 1 aliphatic heterocycles. The van der Waals surface area contributed by atoms with Crippen molar-refractivity contribution in [2.75, 3.05) is 12.3 Å². The number of phenols is 1. The number of aromatic hydroxyl groups is 1. The largest absolute Gasteiger partial charge is 0.508 e. The lowest BCUT2D eigenvalue weighted by atomic mass is 10.0. The fraction of sp³-hybridized carbons (Fsp3) is 0.333. The van der Waals surface area contributed by atoms with Crippen molar-refractivity contribution in [2.24, 2.45) is 0 Å². The summed E-state index contributed by atoms with van der Waals surface area (Å²) in [6, 6.07) is 3.28. The van der Waals surface area contributed by atoms with Gasteiger partial charge >= 0.3 is 0 Å². The minimum atomic E-state index is 0.291. The van der Waals surface area contributed by atoms with E-state index in [4.69, 9.17) is 10.5 Å². The Bertz CT molecular complexity index is 279. The van der Waals surface area contributed by atoms with Crippen LogP contribution in [0.5, 0.6) is 11.5 Å². The molecule has 1 aromatic rings. The highest BCUT2D eigenvalue weighted by Crippen LogP contribution is 2.36. The SMILES string of the molecule is Nc1ccc(O)c2c1OCCC2. The predicted octanol–water partition coefficient (Wildman–Crippen LogP) is 1.30. The molecule has 0 saturated heterocycles. The summed E-state index contributed by atoms with van der Waals surface area (Å²) in [6.07, 6.45) is 1.80. The first-order valence-corrected chi connectivity index (χ1v) is 4.02. The Morgan fingerprint density at radius 1 is 1.42 bits per heavy atom. The van der Waals surface area contributed by atoms with Gasteiger partial charge < -0.3 is 15.6 Å². The Kier molecular flexibility index (Phi) is 1.57. The highest BCUT2D eigenvalue weighted by Gasteiger charge is 2.16. The molecule has 1 heterocycles. The van der Waals surface area contributed by atoms with Gasteiger partial charge in [-0.25, -0.2) is 0 Å². The molecule has 3 heteroatoms. The van der Waals surface area contributed by atoms with E-state index >= 15 is 0 Å². The van der Waals surface area contributed by atoms with E-state index in [2.05, 4.69) is 0 Å². The molecule has 12 heavy (non-hydrogen) atoms. The molecule has 1 aromatic carbocycles. The van der Waals surface area contributed by atoms with E-state index < -0.39 is 0 Å². The van der Waals surface area contributed by atoms with Crippen molar-refractivity contribution in [1.82, 2.24) is 0 Å². The van der Waals surface area contributed by atoms with Crippen LogP contribution in [-0.2, 0) is 6.42 Å². The first-order valence-electron chi connectivity index (χ1n) is 4.02. The van der Waals surface area contributed by atoms with Crippen molar-refractivity contribution >= 4 is 5.69 Å². The van der Waals surface area contributed by atoms with Gasteiger partial charge in [0.25, 0.3) is 0 Å². The topological polar surface area (TPSA) is 55.5 Å². The van der Waals surface area contributed by atoms with E-state index in [9.17, 15) is 5.11 Å². The lowest BCUT2D eigenvalue weighted by Crippen LogP contribution is -2.10. The van der Waals surface area contributed by atoms with Crippen LogP contribution in [0, 0.1) is 0 Å². The molecular weight excluding hydrogens is 154 g/mol. The minimum absolute atomic E-state index is 0.291. The summed E-state index contributed by atoms with van der Waals surface area (Å²) in [5.74, 6) is 0.958. The molecule has 0 radical (unpaired) electrons. The summed E-state index contributed by atoms with van der Waals surface area (Å²) in [6.45, 7) is 0.695. The molecule has 2 rings (SSSR count). The fourth-order valence-corrected chi connectivity index (χ4v) is 1.47. The van der Waals surface area contributed by atoms with Gasteiger partial charge in [-0.1, -0.05) is 0 Å². The van der Waals surface area contributed by atoms with Gasteiger partial charge in [-0.15, -0.1) is 0 Å². The number of nitrogens with two attached hydrogens (primary N) is 1. The van der Waals surface area contributed by atoms with Crippen LogP contribution in [-0.4, -0.2) is 11.7 Å². The average molecular weight is 165 g/mol. The summed E-state index contributed by atoms with van der Waals surface area (Å²) in [7, 11) is 0. The third-order valence-corrected chi connectivity index (χ3v) is 2.08. The highest BCUT2D eigenvalue weighted by atomic mass is 16.5. The zero-order chi connectivity index (χ0) is 8.55. The first-order chi connectivity index (χ1) is 5.79. The summed E-state index contributed by atoms with van der Waals surface area (Å²) in [5, 5.41) is 9.45. The Balaban J connectivity index is 2.57. The van der Waals surface area contributed by atoms with Crippen LogP contribution in [0.4, 0.5) is 5.69 Å². The third-order valence-electron chi connectivity index (χ3n) is 2.08. The molecule has 0 unspecified atom stereocenters. The summed E-state index contributed by atoms with van der Waals surface area (Å²) >= 11 is 0. The number of phenolic OH excluding ortho intramolecular Hbond substituents is 1. The molecule has 1 aliphatic rings. The van der Waals surface area contributed by atoms with Crippen LogP contribution in [0.1, 0.15) is 12.0 Å². The quantitative estimate of drug-likeness (QED) is 0.450. The van der Waals surface area contributed by atoms with Gasteiger partial charge in [0.2, 0.25) is 0 Å². The second-order valence-electron chi connectivity index (χ2n) is 2.93. The van der Waals surface area contributed by atoms with Crippen LogP contribution in [0.15, 0.2) is 12.1 Å². The molecular formula is C9H11NO2. The van der Waals surface area contributed by atoms with Gasteiger partial charge in [-0.05, 0) is 25.0 Å². The van der Waals surface area contributed by atoms with Gasteiger partial charge in [0.1, 0.15) is 11.5 Å². The van der Waals surface area contributed by atoms with E-state index in [1.807, 2.05) is 0 Å². The molecule has 0 amide bonds. The Morgan fingerprint density at radius 3 is 3.00 bits per heavy atom. The molecule has 0 bridgehead atoms. The predicted molar refractivity (Wildman–Crippen MR) is 46.3 cm³/mol. The van der Waals surface area contributed by atoms with Crippen molar-refractivity contribution in [3.05, 3.63) is 17.7 Å². The van der Waals surface area contributed by atoms with Gasteiger partial charge in [0, 0.05) is 5.56 Å². The maximum atomic E-state index is 9.45. The van der Waals surface area contributed by atoms with Crippen LogP contribution < -0.4 is 10.5 Å². The van der Waals surface area contributed by atoms with Crippen LogP contribution in [0.2, 0.25) is 0 Å². The lowest BCUT2D eigenvalue weighted by molar-refractivity contribution is 0.285. The molecule has 0 spiro atoms. The Labute approximate surface area is 70.8 Å². The summed E-state index contributed by atoms with van der Waals surface area (Å²) in [5.41, 5.74) is 7.14. The Hall–Kier alpha value is -1.38. The number of anilines is 1. The van der Waals surface area contributed by atoms with Crippen molar-refractivity contribution in [3.63, 3.8) is 0 Å². The van der Waals surface area contributed by atoms with Crippen molar-refractivity contribution in [1.29, 1.82) is 0 Å². The molecule has 0 aromatic heterocycles. The third kappa shape index (κ3) is 0.978. The van der Waals surface area contributed by atoms with E-state index in [0.29, 0.717) is 23.8 Å². The molecule has 0 atom stereocenters. The van der Waals surface area contributed by atoms with Crippen molar-refractivity contribution < 1.29 is 9.84 Å². The molecule has 64 valence electrons. The van der Waals surface area contributed by atoms with Gasteiger partial charge in [0.05, 0.1) is 12.3 Å². The van der Waals surface area contributed by atoms with E-state index in [1.165, 1.54) is 0 Å². The van der Waals surface area contributed by atoms with Gasteiger partial charge in [-0.2, -0.15) is 0 Å². The maximum absolute atomic E-state index is 9.45. The van der Waals surface area contributed by atoms with Crippen LogP contribution in [0.25, 0.3) is 0 Å². The standard InChI is InChI=1S/C9H11NO2/c10-7-3-4-8(11)6-2-1-5-12-9(6)7/h3-4,11H,1-2,5,10H2. The molecule has 0 saturated carbocycles. The Morgan fingerprint density at radius 2 is 2.25 bits per heavy atom. The van der Waals surface area contributed by atoms with E-state index in [0.717, 1.165) is 18.4 Å². The monoisotopic (exact) mass is 165 g/mol. The molecule has 0 aliphatic carbocycles. The number of hydrogen-bond acceptors (Lipinski definition) is 3. The number of rotatable bonds is 0. The summed E-state index contributed by atoms with van der Waals surface area (Å²) < 4.78 is 5.35. The second-order valence-corrected chi connectivity index (χ2v) is 2.93. The average Bonchev–Trinajstić information content (AvgIpc) is 2.12. The van der Waals surface area contributed by atoms with E-state index in [-0.39, 0.29) is 0 Å². The number of nitrogen functional groups attached to an aromatic ring is 1. The number of fused-ring (bicyclic) bond motifs is 1. The number of benzene rings is 1. The zero-order valence-electron chi connectivity index (χ0n) is 6.71. The molecule has 0 fully saturated rings. The van der Waals surface area contributed by atoms with Gasteiger partial charge in [0.15, 0.2) is 0 Å². The zero-order valence-corrected chi connectivity index (χ0v) is 6.71. The number of hydrogen-bond donors (Lipinski definition) is 2. The molecule has 3 nitrogen and oxygen atoms in total. The van der Waals surface area contributed by atoms with Crippen molar-refractivity contribution in [3.8, 4) is 11.5 Å². The lowest BCUT2D eigenvalue weighted by Gasteiger charge is -2.19. The second kappa shape index (κ2) is 2.59. The minimum Gasteiger partial charge on any atom is -0.508 e. The van der Waals surface area contributed by atoms with Gasteiger partial charge in [-0.3, -0.25) is 0 Å². The maximum Gasteiger partial charge on any atom is 0.149 e. The van der Waals surface area contributed by atoms with Crippen molar-refractivity contribution in [2.45, 2.75) is 12.8 Å². The fourth-order valence-electron chi connectivity index (χ4n) is 1.47. The smallest absolute Gasteiger partial charge is 0.149 e. The van der Waals surface area contributed by atoms with E-state index in [1.54, 1.807) is 12.1 Å². The van der Waals surface area contributed by atoms with Crippen LogP contribution >= 0.6 is 0 Å². The number of ether oxygens (including phenoxy) is 1. The normalized spacial score (nSPS) is 15.0.